The first-order valence-electron chi connectivity index (χ1n) is 18.4. The van der Waals surface area contributed by atoms with E-state index in [0.717, 1.165) is 5.69 Å². The van der Waals surface area contributed by atoms with Gasteiger partial charge in [-0.3, -0.25) is 0 Å². The van der Waals surface area contributed by atoms with Crippen molar-refractivity contribution in [1.82, 2.24) is 0 Å². The number of fused-ring (bicyclic) bond motifs is 14. The molecule has 2 heteroatoms. The molecule has 0 saturated carbocycles. The van der Waals surface area contributed by atoms with Crippen LogP contribution in [0.5, 0.6) is 0 Å². The maximum absolute atomic E-state index is 2.55. The molecule has 0 N–H and O–H groups in total. The summed E-state index contributed by atoms with van der Waals surface area (Å²) in [5.74, 6) is 0. The molecule has 0 amide bonds. The molecular weight excluding hydrogens is 659 g/mol. The lowest BCUT2D eigenvalue weighted by atomic mass is 9.80. The highest BCUT2D eigenvalue weighted by molar-refractivity contribution is 7.26. The molecule has 0 fully saturated rings. The lowest BCUT2D eigenvalue weighted by Gasteiger charge is -2.31. The third-order valence-electron chi connectivity index (χ3n) is 11.7. The number of thiophene rings is 1. The van der Waals surface area contributed by atoms with Crippen molar-refractivity contribution >= 4 is 48.6 Å². The fourth-order valence-corrected chi connectivity index (χ4v) is 10.4. The second-order valence-corrected chi connectivity index (χ2v) is 15.9. The van der Waals surface area contributed by atoms with E-state index in [1.807, 2.05) is 11.3 Å². The minimum Gasteiger partial charge on any atom is -0.308 e. The molecule has 9 aromatic rings. The normalized spacial score (nSPS) is 13.2. The minimum atomic E-state index is -0.112. The summed E-state index contributed by atoms with van der Waals surface area (Å²) in [6.07, 6.45) is 0. The highest BCUT2D eigenvalue weighted by Gasteiger charge is 2.38. The fraction of sp³-hybridized carbons (Fsp3) is 0.0588. The van der Waals surface area contributed by atoms with Crippen molar-refractivity contribution in [1.29, 1.82) is 0 Å². The largest absolute Gasteiger partial charge is 0.308 e. The molecule has 0 spiro atoms. The van der Waals surface area contributed by atoms with Crippen LogP contribution in [-0.4, -0.2) is 0 Å². The molecule has 8 aromatic carbocycles. The predicted molar refractivity (Wildman–Crippen MR) is 227 cm³/mol. The molecule has 0 aliphatic heterocycles. The topological polar surface area (TPSA) is 3.24 Å². The summed E-state index contributed by atoms with van der Waals surface area (Å²) in [4.78, 5) is 2.55. The minimum absolute atomic E-state index is 0.112. The molecule has 53 heavy (non-hydrogen) atoms. The molecule has 1 nitrogen and oxygen atoms in total. The molecule has 0 saturated heterocycles. The lowest BCUT2D eigenvalue weighted by Crippen LogP contribution is -2.16. The number of nitrogens with zero attached hydrogens (tertiary/aromatic N) is 1. The Morgan fingerprint density at radius 2 is 0.887 bits per heavy atom. The van der Waals surface area contributed by atoms with Crippen molar-refractivity contribution in [2.75, 3.05) is 4.90 Å². The number of anilines is 3. The SMILES string of the molecule is CC1(C)c2ccccc2-c2c(N(c3ccc4c(c3)-c3ccccc3-c3ccccc3-c3ccccc3-4)c3cccc4c3sc3ccccc34)cccc21. The number of rotatable bonds is 3. The first kappa shape index (κ1) is 30.4. The van der Waals surface area contributed by atoms with Gasteiger partial charge in [-0.25, -0.2) is 0 Å². The van der Waals surface area contributed by atoms with Crippen molar-refractivity contribution in [2.45, 2.75) is 19.3 Å². The molecule has 0 radical (unpaired) electrons. The van der Waals surface area contributed by atoms with Crippen LogP contribution in [0.15, 0.2) is 176 Å². The second-order valence-electron chi connectivity index (χ2n) is 14.8. The molecule has 0 bridgehead atoms. The molecular formula is C51H35NS. The van der Waals surface area contributed by atoms with Crippen LogP contribution in [0.2, 0.25) is 0 Å². The van der Waals surface area contributed by atoms with Crippen LogP contribution in [0.4, 0.5) is 17.1 Å². The molecule has 0 atom stereocenters. The molecule has 11 rings (SSSR count). The summed E-state index contributed by atoms with van der Waals surface area (Å²) >= 11 is 1.89. The Morgan fingerprint density at radius 1 is 0.396 bits per heavy atom. The summed E-state index contributed by atoms with van der Waals surface area (Å²) in [5, 5.41) is 2.60. The third-order valence-corrected chi connectivity index (χ3v) is 12.9. The summed E-state index contributed by atoms with van der Waals surface area (Å²) in [6.45, 7) is 4.74. The summed E-state index contributed by atoms with van der Waals surface area (Å²) in [6, 6.07) is 65.5. The Kier molecular flexibility index (Phi) is 6.53. The zero-order chi connectivity index (χ0) is 35.3. The summed E-state index contributed by atoms with van der Waals surface area (Å²) in [7, 11) is 0. The van der Waals surface area contributed by atoms with E-state index >= 15 is 0 Å². The van der Waals surface area contributed by atoms with E-state index in [4.69, 9.17) is 0 Å². The van der Waals surface area contributed by atoms with Gasteiger partial charge in [0.2, 0.25) is 0 Å². The first-order valence-corrected chi connectivity index (χ1v) is 19.3. The Hall–Kier alpha value is -6.22. The Bertz CT molecular complexity index is 2940. The van der Waals surface area contributed by atoms with E-state index in [2.05, 4.69) is 195 Å². The highest BCUT2D eigenvalue weighted by atomic mass is 32.1. The van der Waals surface area contributed by atoms with Crippen molar-refractivity contribution in [3.05, 3.63) is 187 Å². The quantitative estimate of drug-likeness (QED) is 0.178. The van der Waals surface area contributed by atoms with E-state index in [9.17, 15) is 0 Å². The fourth-order valence-electron chi connectivity index (χ4n) is 9.23. The van der Waals surface area contributed by atoms with E-state index in [0.29, 0.717) is 0 Å². The van der Waals surface area contributed by atoms with E-state index in [-0.39, 0.29) is 5.41 Å². The Balaban J connectivity index is 1.24. The number of hydrogen-bond acceptors (Lipinski definition) is 2. The molecule has 2 aliphatic carbocycles. The van der Waals surface area contributed by atoms with E-state index < -0.39 is 0 Å². The van der Waals surface area contributed by atoms with Gasteiger partial charge in [0.1, 0.15) is 0 Å². The first-order chi connectivity index (χ1) is 26.1. The number of benzene rings is 8. The van der Waals surface area contributed by atoms with Gasteiger partial charge in [0.25, 0.3) is 0 Å². The molecule has 250 valence electrons. The Labute approximate surface area is 314 Å². The summed E-state index contributed by atoms with van der Waals surface area (Å²) < 4.78 is 2.60. The van der Waals surface area contributed by atoms with Gasteiger partial charge in [-0.1, -0.05) is 159 Å². The van der Waals surface area contributed by atoms with Gasteiger partial charge in [0.05, 0.1) is 16.1 Å². The monoisotopic (exact) mass is 693 g/mol. The van der Waals surface area contributed by atoms with Crippen molar-refractivity contribution in [3.63, 3.8) is 0 Å². The highest BCUT2D eigenvalue weighted by Crippen LogP contribution is 2.56. The average molecular weight is 694 g/mol. The Morgan fingerprint density at radius 3 is 1.57 bits per heavy atom. The van der Waals surface area contributed by atoms with Crippen LogP contribution in [-0.2, 0) is 5.41 Å². The number of hydrogen-bond donors (Lipinski definition) is 0. The van der Waals surface area contributed by atoms with E-state index in [1.165, 1.54) is 98.3 Å². The molecule has 0 unspecified atom stereocenters. The van der Waals surface area contributed by atoms with Crippen LogP contribution in [0.1, 0.15) is 25.0 Å². The van der Waals surface area contributed by atoms with Crippen LogP contribution >= 0.6 is 11.3 Å². The van der Waals surface area contributed by atoms with Crippen LogP contribution < -0.4 is 4.90 Å². The average Bonchev–Trinajstić information content (AvgIpc) is 3.70. The van der Waals surface area contributed by atoms with Crippen molar-refractivity contribution in [3.8, 4) is 55.6 Å². The van der Waals surface area contributed by atoms with Crippen molar-refractivity contribution < 1.29 is 0 Å². The van der Waals surface area contributed by atoms with Gasteiger partial charge in [-0.2, -0.15) is 0 Å². The lowest BCUT2D eigenvalue weighted by molar-refractivity contribution is 0.660. The van der Waals surface area contributed by atoms with Crippen LogP contribution in [0, 0.1) is 0 Å². The molecule has 1 heterocycles. The molecule has 1 aromatic heterocycles. The zero-order valence-corrected chi connectivity index (χ0v) is 30.4. The van der Waals surface area contributed by atoms with Gasteiger partial charge in [0, 0.05) is 32.1 Å². The zero-order valence-electron chi connectivity index (χ0n) is 29.6. The van der Waals surface area contributed by atoms with Crippen molar-refractivity contribution in [2.24, 2.45) is 0 Å². The van der Waals surface area contributed by atoms with Gasteiger partial charge in [0.15, 0.2) is 0 Å². The van der Waals surface area contributed by atoms with E-state index in [1.54, 1.807) is 0 Å². The second kappa shape index (κ2) is 11.4. The van der Waals surface area contributed by atoms with Gasteiger partial charge < -0.3 is 4.90 Å². The smallest absolute Gasteiger partial charge is 0.0640 e. The maximum atomic E-state index is 2.55. The van der Waals surface area contributed by atoms with Gasteiger partial charge >= 0.3 is 0 Å². The summed E-state index contributed by atoms with van der Waals surface area (Å²) in [5.41, 5.74) is 18.9. The van der Waals surface area contributed by atoms with Gasteiger partial charge in [-0.15, -0.1) is 11.3 Å². The standard InChI is InChI=1S/C51H35NS/c1-51(2)44-24-11-9-22-42(44)49-45(51)25-14-26-46(49)52(47-27-13-23-41-40-21-10-12-28-48(40)53-50(41)47)32-29-30-39-37-19-6-5-17-35(37)33-15-3-4-16-34(33)36-18-7-8-20-38(36)43(39)31-32/h3-31H,1-2H3. The molecule has 2 aliphatic rings. The predicted octanol–water partition coefficient (Wildman–Crippen LogP) is 14.8. The third kappa shape index (κ3) is 4.37. The van der Waals surface area contributed by atoms with Crippen LogP contribution in [0.3, 0.4) is 0 Å². The van der Waals surface area contributed by atoms with Crippen LogP contribution in [0.25, 0.3) is 75.8 Å². The maximum Gasteiger partial charge on any atom is 0.0640 e. The van der Waals surface area contributed by atoms with Gasteiger partial charge in [-0.05, 0) is 91.5 Å².